The zero-order valence-corrected chi connectivity index (χ0v) is 14.6. The van der Waals surface area contributed by atoms with Crippen molar-refractivity contribution in [3.8, 4) is 17.1 Å². The number of aryl methyl sites for hydroxylation is 1. The lowest BCUT2D eigenvalue weighted by molar-refractivity contribution is 0.425. The Balaban J connectivity index is 1.39. The number of aromatic nitrogens is 7. The van der Waals surface area contributed by atoms with Crippen molar-refractivity contribution in [2.45, 2.75) is 6.92 Å². The van der Waals surface area contributed by atoms with Gasteiger partial charge in [0.1, 0.15) is 5.82 Å². The van der Waals surface area contributed by atoms with Crippen LogP contribution in [0.4, 0.5) is 11.8 Å². The topological polar surface area (TPSA) is 119 Å². The maximum atomic E-state index is 5.23. The fourth-order valence-electron chi connectivity index (χ4n) is 2.52. The van der Waals surface area contributed by atoms with Crippen molar-refractivity contribution in [2.75, 3.05) is 23.7 Å². The Morgan fingerprint density at radius 3 is 2.70 bits per heavy atom. The van der Waals surface area contributed by atoms with Crippen molar-refractivity contribution in [3.05, 3.63) is 54.5 Å². The highest BCUT2D eigenvalue weighted by molar-refractivity contribution is 5.68. The van der Waals surface area contributed by atoms with Crippen molar-refractivity contribution in [1.82, 2.24) is 35.3 Å². The zero-order valence-electron chi connectivity index (χ0n) is 14.6. The molecule has 3 heterocycles. The normalized spacial score (nSPS) is 10.7. The Kier molecular flexibility index (Phi) is 4.68. The van der Waals surface area contributed by atoms with Gasteiger partial charge in [-0.1, -0.05) is 28.5 Å². The molecular formula is C17H17N9O. The fraction of sp³-hybridized carbons (Fsp3) is 0.176. The van der Waals surface area contributed by atoms with Crippen LogP contribution in [0.2, 0.25) is 0 Å². The molecule has 0 radical (unpaired) electrons. The molecule has 0 atom stereocenters. The van der Waals surface area contributed by atoms with E-state index in [2.05, 4.69) is 41.3 Å². The highest BCUT2D eigenvalue weighted by Gasteiger charge is 2.12. The molecule has 1 aromatic carbocycles. The molecule has 10 nitrogen and oxygen atoms in total. The first kappa shape index (κ1) is 16.6. The van der Waals surface area contributed by atoms with Crippen molar-refractivity contribution >= 4 is 11.8 Å². The lowest BCUT2D eigenvalue weighted by Crippen LogP contribution is -2.17. The van der Waals surface area contributed by atoms with Gasteiger partial charge in [-0.3, -0.25) is 0 Å². The molecule has 0 aliphatic heterocycles. The fourth-order valence-corrected chi connectivity index (χ4v) is 2.52. The summed E-state index contributed by atoms with van der Waals surface area (Å²) >= 11 is 0. The van der Waals surface area contributed by atoms with E-state index in [9.17, 15) is 0 Å². The summed E-state index contributed by atoms with van der Waals surface area (Å²) in [6.45, 7) is 2.96. The number of nitrogens with zero attached hydrogens (tertiary/aromatic N) is 7. The number of hydrogen-bond donors (Lipinski definition) is 2. The maximum Gasteiger partial charge on any atom is 0.261 e. The molecule has 0 amide bonds. The molecule has 0 aliphatic rings. The summed E-state index contributed by atoms with van der Waals surface area (Å²) in [5.41, 5.74) is 1.64. The van der Waals surface area contributed by atoms with E-state index in [1.54, 1.807) is 17.8 Å². The first-order valence-corrected chi connectivity index (χ1v) is 8.38. The van der Waals surface area contributed by atoms with E-state index in [0.717, 1.165) is 11.3 Å². The summed E-state index contributed by atoms with van der Waals surface area (Å²) in [6.07, 6.45) is 1.71. The van der Waals surface area contributed by atoms with Gasteiger partial charge in [0.2, 0.25) is 5.95 Å². The second-order valence-corrected chi connectivity index (χ2v) is 5.65. The molecule has 4 rings (SSSR count). The minimum absolute atomic E-state index is 0.434. The predicted octanol–water partition coefficient (Wildman–Crippen LogP) is 1.94. The molecule has 0 aliphatic carbocycles. The van der Waals surface area contributed by atoms with Crippen LogP contribution in [-0.2, 0) is 0 Å². The SMILES string of the molecule is Cc1noc(-c2cccnc2NCCNc2nnnn2-c2ccccc2)n1. The summed E-state index contributed by atoms with van der Waals surface area (Å²) in [4.78, 5) is 8.60. The smallest absolute Gasteiger partial charge is 0.261 e. The van der Waals surface area contributed by atoms with Gasteiger partial charge in [-0.25, -0.2) is 4.98 Å². The summed E-state index contributed by atoms with van der Waals surface area (Å²) in [7, 11) is 0. The maximum absolute atomic E-state index is 5.23. The van der Waals surface area contributed by atoms with Crippen molar-refractivity contribution in [1.29, 1.82) is 0 Å². The number of benzene rings is 1. The van der Waals surface area contributed by atoms with Crippen LogP contribution in [0, 0.1) is 6.92 Å². The minimum Gasteiger partial charge on any atom is -0.368 e. The van der Waals surface area contributed by atoms with Crippen LogP contribution in [0.3, 0.4) is 0 Å². The highest BCUT2D eigenvalue weighted by atomic mass is 16.5. The van der Waals surface area contributed by atoms with Crippen LogP contribution in [0.1, 0.15) is 5.82 Å². The average molecular weight is 363 g/mol. The average Bonchev–Trinajstić information content (AvgIpc) is 3.35. The van der Waals surface area contributed by atoms with Gasteiger partial charge in [-0.2, -0.15) is 9.67 Å². The van der Waals surface area contributed by atoms with Gasteiger partial charge < -0.3 is 15.2 Å². The molecule has 0 saturated carbocycles. The van der Waals surface area contributed by atoms with Gasteiger partial charge in [0.05, 0.1) is 11.3 Å². The quantitative estimate of drug-likeness (QED) is 0.475. The molecule has 0 fully saturated rings. The van der Waals surface area contributed by atoms with E-state index in [-0.39, 0.29) is 0 Å². The molecule has 3 aromatic heterocycles. The first-order chi connectivity index (χ1) is 13.3. The molecule has 0 saturated heterocycles. The Morgan fingerprint density at radius 1 is 1.04 bits per heavy atom. The summed E-state index contributed by atoms with van der Waals surface area (Å²) in [6, 6.07) is 13.4. The van der Waals surface area contributed by atoms with Crippen LogP contribution in [0.25, 0.3) is 17.1 Å². The number of tetrazole rings is 1. The van der Waals surface area contributed by atoms with E-state index in [1.807, 2.05) is 42.5 Å². The van der Waals surface area contributed by atoms with Gasteiger partial charge in [0.25, 0.3) is 5.89 Å². The van der Waals surface area contributed by atoms with Gasteiger partial charge in [-0.05, 0) is 41.6 Å². The monoisotopic (exact) mass is 363 g/mol. The van der Waals surface area contributed by atoms with E-state index in [1.165, 1.54) is 0 Å². The van der Waals surface area contributed by atoms with E-state index in [4.69, 9.17) is 4.52 Å². The Morgan fingerprint density at radius 2 is 1.89 bits per heavy atom. The van der Waals surface area contributed by atoms with E-state index in [0.29, 0.717) is 36.6 Å². The highest BCUT2D eigenvalue weighted by Crippen LogP contribution is 2.23. The predicted molar refractivity (Wildman–Crippen MR) is 98.4 cm³/mol. The van der Waals surface area contributed by atoms with Gasteiger partial charge in [-0.15, -0.1) is 0 Å². The first-order valence-electron chi connectivity index (χ1n) is 8.38. The molecule has 0 spiro atoms. The lowest BCUT2D eigenvalue weighted by Gasteiger charge is -2.10. The Hall–Kier alpha value is -3.82. The largest absolute Gasteiger partial charge is 0.368 e. The second-order valence-electron chi connectivity index (χ2n) is 5.65. The molecule has 0 unspecified atom stereocenters. The summed E-state index contributed by atoms with van der Waals surface area (Å²) in [5, 5.41) is 22.1. The molecular weight excluding hydrogens is 346 g/mol. The van der Waals surface area contributed by atoms with Crippen LogP contribution >= 0.6 is 0 Å². The number of pyridine rings is 1. The van der Waals surface area contributed by atoms with Crippen LogP contribution in [0.15, 0.2) is 53.2 Å². The second kappa shape index (κ2) is 7.60. The van der Waals surface area contributed by atoms with E-state index >= 15 is 0 Å². The van der Waals surface area contributed by atoms with Crippen molar-refractivity contribution < 1.29 is 4.52 Å². The Bertz CT molecular complexity index is 1010. The molecule has 2 N–H and O–H groups in total. The third kappa shape index (κ3) is 3.73. The zero-order chi connectivity index (χ0) is 18.5. The molecule has 136 valence electrons. The number of rotatable bonds is 7. The molecule has 4 aromatic rings. The van der Waals surface area contributed by atoms with Crippen LogP contribution < -0.4 is 10.6 Å². The minimum atomic E-state index is 0.434. The number of para-hydroxylation sites is 1. The molecule has 0 bridgehead atoms. The number of anilines is 2. The van der Waals surface area contributed by atoms with Gasteiger partial charge in [0, 0.05) is 19.3 Å². The van der Waals surface area contributed by atoms with E-state index < -0.39 is 0 Å². The van der Waals surface area contributed by atoms with Crippen molar-refractivity contribution in [3.63, 3.8) is 0 Å². The van der Waals surface area contributed by atoms with Gasteiger partial charge >= 0.3 is 0 Å². The molecule has 10 heteroatoms. The van der Waals surface area contributed by atoms with Crippen molar-refractivity contribution in [2.24, 2.45) is 0 Å². The number of nitrogens with one attached hydrogen (secondary N) is 2. The standard InChI is InChI=1S/C17H17N9O/c1-12-21-16(27-23-12)14-8-5-9-18-15(14)19-10-11-20-17-22-24-25-26(17)13-6-3-2-4-7-13/h2-9H,10-11H2,1H3,(H,18,19)(H,20,22,25). The summed E-state index contributed by atoms with van der Waals surface area (Å²) in [5.74, 6) is 2.25. The lowest BCUT2D eigenvalue weighted by atomic mass is 10.2. The van der Waals surface area contributed by atoms with Crippen LogP contribution in [-0.4, -0.2) is 48.4 Å². The summed E-state index contributed by atoms with van der Waals surface area (Å²) < 4.78 is 6.88. The third-order valence-electron chi connectivity index (χ3n) is 3.74. The third-order valence-corrected chi connectivity index (χ3v) is 3.74. The number of hydrogen-bond acceptors (Lipinski definition) is 9. The van der Waals surface area contributed by atoms with Gasteiger partial charge in [0.15, 0.2) is 5.82 Å². The van der Waals surface area contributed by atoms with Crippen LogP contribution in [0.5, 0.6) is 0 Å². The Labute approximate surface area is 154 Å². The molecule has 27 heavy (non-hydrogen) atoms.